The third-order valence-electron chi connectivity index (χ3n) is 2.98. The van der Waals surface area contributed by atoms with Crippen molar-refractivity contribution in [3.63, 3.8) is 0 Å². The molecule has 0 aliphatic carbocycles. The Morgan fingerprint density at radius 2 is 1.92 bits per heavy atom. The summed E-state index contributed by atoms with van der Waals surface area (Å²) in [6.07, 6.45) is 2.06. The van der Waals surface area contributed by atoms with Crippen LogP contribution in [0.3, 0.4) is 0 Å². The molecule has 1 aromatic rings. The van der Waals surface area contributed by atoms with Gasteiger partial charge in [-0.15, -0.1) is 0 Å². The van der Waals surface area contributed by atoms with Gasteiger partial charge in [-0.3, -0.25) is 4.79 Å². The van der Waals surface area contributed by atoms with Crippen molar-refractivity contribution in [2.45, 2.75) is 39.9 Å². The highest BCUT2D eigenvalue weighted by Gasteiger charge is 2.15. The van der Waals surface area contributed by atoms with E-state index in [1.54, 1.807) is 38.3 Å². The number of carbonyl (C=O) groups is 2. The molecule has 0 heterocycles. The first-order valence-electron chi connectivity index (χ1n) is 7.88. The van der Waals surface area contributed by atoms with E-state index in [0.717, 1.165) is 5.56 Å². The number of hydrogen-bond acceptors (Lipinski definition) is 5. The Labute approximate surface area is 142 Å². The average Bonchev–Trinajstić information content (AvgIpc) is 2.53. The van der Waals surface area contributed by atoms with Crippen LogP contribution in [0.1, 0.15) is 33.3 Å². The molecule has 1 aromatic carbocycles. The number of rotatable bonds is 8. The molecule has 0 saturated carbocycles. The average molecular weight is 335 g/mol. The summed E-state index contributed by atoms with van der Waals surface area (Å²) in [4.78, 5) is 23.3. The lowest BCUT2D eigenvalue weighted by molar-refractivity contribution is -0.150. The van der Waals surface area contributed by atoms with Crippen molar-refractivity contribution in [2.75, 3.05) is 13.7 Å². The molecule has 0 spiro atoms. The molecule has 0 saturated heterocycles. The summed E-state index contributed by atoms with van der Waals surface area (Å²) in [5, 5.41) is 2.59. The molecule has 0 aliphatic heterocycles. The molecule has 0 radical (unpaired) electrons. The van der Waals surface area contributed by atoms with Crippen LogP contribution in [0.25, 0.3) is 6.08 Å². The Morgan fingerprint density at radius 3 is 2.50 bits per heavy atom. The summed E-state index contributed by atoms with van der Waals surface area (Å²) >= 11 is 0. The smallest absolute Gasteiger partial charge is 0.331 e. The van der Waals surface area contributed by atoms with Crippen molar-refractivity contribution < 1.29 is 23.8 Å². The number of nitrogens with one attached hydrogen (secondary N) is 1. The third-order valence-corrected chi connectivity index (χ3v) is 2.98. The van der Waals surface area contributed by atoms with Gasteiger partial charge in [0, 0.05) is 12.6 Å². The lowest BCUT2D eigenvalue weighted by atomic mass is 10.2. The fraction of sp³-hybridized carbons (Fsp3) is 0.444. The van der Waals surface area contributed by atoms with E-state index < -0.39 is 12.1 Å². The van der Waals surface area contributed by atoms with Gasteiger partial charge in [-0.2, -0.15) is 0 Å². The lowest BCUT2D eigenvalue weighted by Crippen LogP contribution is -2.35. The molecular weight excluding hydrogens is 310 g/mol. The van der Waals surface area contributed by atoms with Gasteiger partial charge in [0.1, 0.15) is 0 Å². The molecule has 1 atom stereocenters. The van der Waals surface area contributed by atoms with Gasteiger partial charge in [-0.05, 0) is 51.5 Å². The van der Waals surface area contributed by atoms with E-state index in [9.17, 15) is 9.59 Å². The molecule has 132 valence electrons. The molecule has 0 aromatic heterocycles. The SMILES string of the molecule is CCNC(=O)[C@@H](C)OC(=O)/C=C/c1ccc(OC(C)C)c(OC)c1. The number of amides is 1. The summed E-state index contributed by atoms with van der Waals surface area (Å²) in [5.41, 5.74) is 0.755. The van der Waals surface area contributed by atoms with E-state index in [1.165, 1.54) is 13.0 Å². The zero-order chi connectivity index (χ0) is 18.1. The largest absolute Gasteiger partial charge is 0.493 e. The normalized spacial score (nSPS) is 12.1. The Balaban J connectivity index is 2.72. The van der Waals surface area contributed by atoms with Crippen LogP contribution in [0.15, 0.2) is 24.3 Å². The maximum atomic E-state index is 11.8. The van der Waals surface area contributed by atoms with Crippen molar-refractivity contribution in [2.24, 2.45) is 0 Å². The number of benzene rings is 1. The predicted octanol–water partition coefficient (Wildman–Crippen LogP) is 2.56. The van der Waals surface area contributed by atoms with Gasteiger partial charge in [0.05, 0.1) is 13.2 Å². The van der Waals surface area contributed by atoms with Crippen molar-refractivity contribution in [1.29, 1.82) is 0 Å². The summed E-state index contributed by atoms with van der Waals surface area (Å²) in [6, 6.07) is 5.34. The maximum absolute atomic E-state index is 11.8. The van der Waals surface area contributed by atoms with Gasteiger partial charge in [-0.1, -0.05) is 6.07 Å². The molecule has 6 nitrogen and oxygen atoms in total. The Bertz CT molecular complexity index is 595. The number of ether oxygens (including phenoxy) is 3. The van der Waals surface area contributed by atoms with Crippen LogP contribution in [0.2, 0.25) is 0 Å². The zero-order valence-corrected chi connectivity index (χ0v) is 14.8. The van der Waals surface area contributed by atoms with Gasteiger partial charge in [0.25, 0.3) is 5.91 Å². The van der Waals surface area contributed by atoms with Gasteiger partial charge in [0.2, 0.25) is 0 Å². The van der Waals surface area contributed by atoms with Crippen molar-refractivity contribution in [1.82, 2.24) is 5.32 Å². The zero-order valence-electron chi connectivity index (χ0n) is 14.8. The van der Waals surface area contributed by atoms with Crippen LogP contribution >= 0.6 is 0 Å². The minimum absolute atomic E-state index is 0.0334. The first-order valence-corrected chi connectivity index (χ1v) is 7.88. The molecule has 0 aliphatic rings. The second kappa shape index (κ2) is 9.60. The molecular formula is C18H25NO5. The highest BCUT2D eigenvalue weighted by molar-refractivity contribution is 5.90. The monoisotopic (exact) mass is 335 g/mol. The Morgan fingerprint density at radius 1 is 1.21 bits per heavy atom. The van der Waals surface area contributed by atoms with Crippen LogP contribution in [-0.4, -0.2) is 37.7 Å². The third kappa shape index (κ3) is 6.32. The molecule has 1 rings (SSSR count). The maximum Gasteiger partial charge on any atom is 0.331 e. The highest BCUT2D eigenvalue weighted by Crippen LogP contribution is 2.29. The highest BCUT2D eigenvalue weighted by atomic mass is 16.5. The number of esters is 1. The Kier molecular flexibility index (Phi) is 7.82. The van der Waals surface area contributed by atoms with Crippen molar-refractivity contribution in [3.8, 4) is 11.5 Å². The molecule has 24 heavy (non-hydrogen) atoms. The first kappa shape index (κ1) is 19.5. The number of carbonyl (C=O) groups excluding carboxylic acids is 2. The van der Waals surface area contributed by atoms with Crippen molar-refractivity contribution >= 4 is 18.0 Å². The number of methoxy groups -OCH3 is 1. The lowest BCUT2D eigenvalue weighted by Gasteiger charge is -2.13. The van der Waals surface area contributed by atoms with Crippen LogP contribution in [-0.2, 0) is 14.3 Å². The number of likely N-dealkylation sites (N-methyl/N-ethyl adjacent to an activating group) is 1. The van der Waals surface area contributed by atoms with Crippen LogP contribution < -0.4 is 14.8 Å². The Hall–Kier alpha value is -2.50. The first-order chi connectivity index (χ1) is 11.4. The molecule has 1 N–H and O–H groups in total. The molecule has 6 heteroatoms. The summed E-state index contributed by atoms with van der Waals surface area (Å²) in [7, 11) is 1.55. The van der Waals surface area contributed by atoms with Crippen LogP contribution in [0.5, 0.6) is 11.5 Å². The summed E-state index contributed by atoms with van der Waals surface area (Å²) in [5.74, 6) is 0.304. The van der Waals surface area contributed by atoms with E-state index in [0.29, 0.717) is 18.0 Å². The van der Waals surface area contributed by atoms with E-state index >= 15 is 0 Å². The summed E-state index contributed by atoms with van der Waals surface area (Å²) in [6.45, 7) is 7.67. The van der Waals surface area contributed by atoms with Crippen LogP contribution in [0, 0.1) is 0 Å². The van der Waals surface area contributed by atoms with E-state index in [-0.39, 0.29) is 12.0 Å². The van der Waals surface area contributed by atoms with E-state index in [1.807, 2.05) is 13.8 Å². The van der Waals surface area contributed by atoms with Gasteiger partial charge in [-0.25, -0.2) is 4.79 Å². The van der Waals surface area contributed by atoms with E-state index in [4.69, 9.17) is 14.2 Å². The van der Waals surface area contributed by atoms with Gasteiger partial charge >= 0.3 is 5.97 Å². The number of hydrogen-bond donors (Lipinski definition) is 1. The molecule has 1 amide bonds. The topological polar surface area (TPSA) is 73.9 Å². The minimum Gasteiger partial charge on any atom is -0.493 e. The predicted molar refractivity (Wildman–Crippen MR) is 92.0 cm³/mol. The fourth-order valence-corrected chi connectivity index (χ4v) is 1.89. The second-order valence-electron chi connectivity index (χ2n) is 5.38. The quantitative estimate of drug-likeness (QED) is 0.584. The summed E-state index contributed by atoms with van der Waals surface area (Å²) < 4.78 is 15.9. The fourth-order valence-electron chi connectivity index (χ4n) is 1.89. The van der Waals surface area contributed by atoms with Crippen molar-refractivity contribution in [3.05, 3.63) is 29.8 Å². The van der Waals surface area contributed by atoms with E-state index in [2.05, 4.69) is 5.32 Å². The standard InChI is InChI=1S/C18H25NO5/c1-6-19-18(21)13(4)24-17(20)10-8-14-7-9-15(23-12(2)3)16(11-14)22-5/h7-13H,6H2,1-5H3,(H,19,21)/b10-8+/t13-/m1/s1. The molecule has 0 unspecified atom stereocenters. The molecule has 0 fully saturated rings. The van der Waals surface area contributed by atoms with Gasteiger partial charge < -0.3 is 19.5 Å². The molecule has 0 bridgehead atoms. The van der Waals surface area contributed by atoms with Crippen LogP contribution in [0.4, 0.5) is 0 Å². The van der Waals surface area contributed by atoms with Gasteiger partial charge in [0.15, 0.2) is 17.6 Å². The minimum atomic E-state index is -0.835. The second-order valence-corrected chi connectivity index (χ2v) is 5.38.